The maximum Gasteiger partial charge on any atom is 0.243 e. The number of para-hydroxylation sites is 2. The van der Waals surface area contributed by atoms with Gasteiger partial charge in [0.2, 0.25) is 11.8 Å². The molecule has 5 nitrogen and oxygen atoms in total. The van der Waals surface area contributed by atoms with Crippen LogP contribution >= 0.6 is 0 Å². The molecule has 26 heavy (non-hydrogen) atoms. The van der Waals surface area contributed by atoms with E-state index in [4.69, 9.17) is 0 Å². The summed E-state index contributed by atoms with van der Waals surface area (Å²) in [5.74, 6) is -0.454. The van der Waals surface area contributed by atoms with Crippen LogP contribution in [0.1, 0.15) is 30.5 Å². The molecule has 0 radical (unpaired) electrons. The molecule has 0 aliphatic carbocycles. The van der Waals surface area contributed by atoms with Crippen LogP contribution in [0.3, 0.4) is 0 Å². The van der Waals surface area contributed by atoms with Gasteiger partial charge in [0.05, 0.1) is 6.54 Å². The first kappa shape index (κ1) is 19.5. The summed E-state index contributed by atoms with van der Waals surface area (Å²) in [7, 11) is 0. The van der Waals surface area contributed by atoms with Gasteiger partial charge in [-0.25, -0.2) is 0 Å². The lowest BCUT2D eigenvalue weighted by atomic mass is 10.1. The predicted octanol–water partition coefficient (Wildman–Crippen LogP) is 3.42. The molecule has 0 aliphatic heterocycles. The molecule has 0 fully saturated rings. The van der Waals surface area contributed by atoms with Gasteiger partial charge < -0.3 is 16.0 Å². The van der Waals surface area contributed by atoms with Gasteiger partial charge in [0, 0.05) is 11.4 Å². The van der Waals surface area contributed by atoms with Crippen LogP contribution < -0.4 is 16.0 Å². The summed E-state index contributed by atoms with van der Waals surface area (Å²) in [4.78, 5) is 24.4. The molecule has 2 amide bonds. The van der Waals surface area contributed by atoms with Crippen molar-refractivity contribution in [2.75, 3.05) is 17.2 Å². The van der Waals surface area contributed by atoms with Crippen molar-refractivity contribution in [2.45, 2.75) is 40.2 Å². The number of hydrogen-bond donors (Lipinski definition) is 3. The number of carbonyl (C=O) groups is 2. The van der Waals surface area contributed by atoms with E-state index in [0.29, 0.717) is 0 Å². The second kappa shape index (κ2) is 9.04. The Morgan fingerprint density at radius 2 is 1.65 bits per heavy atom. The largest absolute Gasteiger partial charge is 0.374 e. The molecule has 1 atom stereocenters. The first-order valence-electron chi connectivity index (χ1n) is 8.90. The van der Waals surface area contributed by atoms with Gasteiger partial charge in [-0.1, -0.05) is 43.3 Å². The Hall–Kier alpha value is -2.82. The number of benzene rings is 2. The van der Waals surface area contributed by atoms with E-state index in [0.717, 1.165) is 34.5 Å². The van der Waals surface area contributed by atoms with Gasteiger partial charge in [-0.05, 0) is 49.9 Å². The Bertz CT molecular complexity index is 766. The minimum absolute atomic E-state index is 0.0615. The van der Waals surface area contributed by atoms with Crippen molar-refractivity contribution in [1.82, 2.24) is 5.32 Å². The SMILES string of the molecule is CCc1ccccc1N[C@@H](C)C(=O)NCC(=O)Nc1c(C)cccc1C. The normalized spacial score (nSPS) is 11.5. The zero-order valence-corrected chi connectivity index (χ0v) is 15.8. The van der Waals surface area contributed by atoms with Crippen molar-refractivity contribution in [3.63, 3.8) is 0 Å². The smallest absolute Gasteiger partial charge is 0.243 e. The number of rotatable bonds is 7. The Morgan fingerprint density at radius 1 is 1.00 bits per heavy atom. The van der Waals surface area contributed by atoms with Crippen LogP contribution in [0.4, 0.5) is 11.4 Å². The molecule has 2 aromatic rings. The van der Waals surface area contributed by atoms with Crippen molar-refractivity contribution in [3.05, 3.63) is 59.2 Å². The maximum absolute atomic E-state index is 12.3. The van der Waals surface area contributed by atoms with Crippen LogP contribution in [0.2, 0.25) is 0 Å². The summed E-state index contributed by atoms with van der Waals surface area (Å²) in [6.45, 7) is 7.68. The molecule has 0 aromatic heterocycles. The molecule has 0 aliphatic rings. The van der Waals surface area contributed by atoms with E-state index in [9.17, 15) is 9.59 Å². The molecule has 0 saturated heterocycles. The Morgan fingerprint density at radius 3 is 2.31 bits per heavy atom. The van der Waals surface area contributed by atoms with E-state index in [2.05, 4.69) is 22.9 Å². The van der Waals surface area contributed by atoms with Crippen molar-refractivity contribution < 1.29 is 9.59 Å². The molecule has 0 unspecified atom stereocenters. The molecular formula is C21H27N3O2. The average molecular weight is 353 g/mol. The van der Waals surface area contributed by atoms with Crippen LogP contribution in [-0.2, 0) is 16.0 Å². The number of nitrogens with one attached hydrogen (secondary N) is 3. The zero-order chi connectivity index (χ0) is 19.1. The highest BCUT2D eigenvalue weighted by Gasteiger charge is 2.15. The number of carbonyl (C=O) groups excluding carboxylic acids is 2. The average Bonchev–Trinajstić information content (AvgIpc) is 2.63. The lowest BCUT2D eigenvalue weighted by Crippen LogP contribution is -2.41. The zero-order valence-electron chi connectivity index (χ0n) is 15.8. The number of hydrogen-bond acceptors (Lipinski definition) is 3. The van der Waals surface area contributed by atoms with E-state index in [1.807, 2.05) is 56.3 Å². The highest BCUT2D eigenvalue weighted by Crippen LogP contribution is 2.19. The summed E-state index contributed by atoms with van der Waals surface area (Å²) in [6, 6.07) is 13.3. The molecule has 0 spiro atoms. The first-order chi connectivity index (χ1) is 12.4. The fourth-order valence-electron chi connectivity index (χ4n) is 2.78. The van der Waals surface area contributed by atoms with Gasteiger partial charge in [-0.3, -0.25) is 9.59 Å². The van der Waals surface area contributed by atoms with Crippen molar-refractivity contribution in [3.8, 4) is 0 Å². The van der Waals surface area contributed by atoms with Crippen molar-refractivity contribution >= 4 is 23.2 Å². The molecule has 2 aromatic carbocycles. The highest BCUT2D eigenvalue weighted by atomic mass is 16.2. The minimum atomic E-state index is -0.435. The number of aryl methyl sites for hydroxylation is 3. The molecule has 0 heterocycles. The summed E-state index contributed by atoms with van der Waals surface area (Å²) in [5.41, 5.74) is 4.89. The lowest BCUT2D eigenvalue weighted by molar-refractivity contribution is -0.124. The van der Waals surface area contributed by atoms with Gasteiger partial charge in [-0.15, -0.1) is 0 Å². The van der Waals surface area contributed by atoms with Gasteiger partial charge in [0.1, 0.15) is 6.04 Å². The van der Waals surface area contributed by atoms with Crippen molar-refractivity contribution in [1.29, 1.82) is 0 Å². The quantitative estimate of drug-likeness (QED) is 0.714. The maximum atomic E-state index is 12.3. The molecular weight excluding hydrogens is 326 g/mol. The van der Waals surface area contributed by atoms with E-state index in [-0.39, 0.29) is 18.4 Å². The van der Waals surface area contributed by atoms with Gasteiger partial charge >= 0.3 is 0 Å². The molecule has 3 N–H and O–H groups in total. The monoisotopic (exact) mass is 353 g/mol. The van der Waals surface area contributed by atoms with Gasteiger partial charge in [0.15, 0.2) is 0 Å². The number of amides is 2. The van der Waals surface area contributed by atoms with Gasteiger partial charge in [-0.2, -0.15) is 0 Å². The second-order valence-electron chi connectivity index (χ2n) is 6.41. The third-order valence-corrected chi connectivity index (χ3v) is 4.33. The van der Waals surface area contributed by atoms with Crippen LogP contribution in [0.5, 0.6) is 0 Å². The van der Waals surface area contributed by atoms with Crippen molar-refractivity contribution in [2.24, 2.45) is 0 Å². The summed E-state index contributed by atoms with van der Waals surface area (Å²) in [5, 5.41) is 8.76. The lowest BCUT2D eigenvalue weighted by Gasteiger charge is -2.18. The Balaban J connectivity index is 1.88. The van der Waals surface area contributed by atoms with Gasteiger partial charge in [0.25, 0.3) is 0 Å². The molecule has 2 rings (SSSR count). The summed E-state index contributed by atoms with van der Waals surface area (Å²) >= 11 is 0. The summed E-state index contributed by atoms with van der Waals surface area (Å²) in [6.07, 6.45) is 0.885. The first-order valence-corrected chi connectivity index (χ1v) is 8.90. The highest BCUT2D eigenvalue weighted by molar-refractivity contribution is 5.96. The third kappa shape index (κ3) is 5.09. The Kier molecular flexibility index (Phi) is 6.78. The molecule has 138 valence electrons. The summed E-state index contributed by atoms with van der Waals surface area (Å²) < 4.78 is 0. The van der Waals surface area contributed by atoms with E-state index >= 15 is 0 Å². The predicted molar refractivity (Wildman–Crippen MR) is 106 cm³/mol. The number of anilines is 2. The minimum Gasteiger partial charge on any atom is -0.374 e. The van der Waals surface area contributed by atoms with E-state index in [1.54, 1.807) is 6.92 Å². The Labute approximate surface area is 155 Å². The third-order valence-electron chi connectivity index (χ3n) is 4.33. The fraction of sp³-hybridized carbons (Fsp3) is 0.333. The van der Waals surface area contributed by atoms with E-state index in [1.165, 1.54) is 0 Å². The van der Waals surface area contributed by atoms with E-state index < -0.39 is 6.04 Å². The van der Waals surface area contributed by atoms with Crippen LogP contribution in [0, 0.1) is 13.8 Å². The topological polar surface area (TPSA) is 70.2 Å². The van der Waals surface area contributed by atoms with Crippen LogP contribution in [0.15, 0.2) is 42.5 Å². The second-order valence-corrected chi connectivity index (χ2v) is 6.41. The molecule has 0 bridgehead atoms. The molecule has 5 heteroatoms. The fourth-order valence-corrected chi connectivity index (χ4v) is 2.78. The molecule has 0 saturated carbocycles. The standard InChI is InChI=1S/C21H27N3O2/c1-5-17-11-6-7-12-18(17)23-16(4)21(26)22-13-19(25)24-20-14(2)9-8-10-15(20)3/h6-12,16,23H,5,13H2,1-4H3,(H,22,26)(H,24,25)/t16-/m0/s1. The van der Waals surface area contributed by atoms with Crippen LogP contribution in [-0.4, -0.2) is 24.4 Å². The van der Waals surface area contributed by atoms with Crippen LogP contribution in [0.25, 0.3) is 0 Å².